The summed E-state index contributed by atoms with van der Waals surface area (Å²) in [4.78, 5) is 17.6. The van der Waals surface area contributed by atoms with Crippen molar-refractivity contribution in [1.29, 1.82) is 0 Å². The van der Waals surface area contributed by atoms with Gasteiger partial charge >= 0.3 is 0 Å². The van der Waals surface area contributed by atoms with Crippen molar-refractivity contribution in [3.05, 3.63) is 47.5 Å². The van der Waals surface area contributed by atoms with E-state index in [1.54, 1.807) is 0 Å². The van der Waals surface area contributed by atoms with Crippen LogP contribution in [0.3, 0.4) is 0 Å². The summed E-state index contributed by atoms with van der Waals surface area (Å²) in [7, 11) is 0. The third-order valence-electron chi connectivity index (χ3n) is 9.09. The summed E-state index contributed by atoms with van der Waals surface area (Å²) in [6.07, 6.45) is 13.6. The average molecular weight is 450 g/mol. The highest BCUT2D eigenvalue weighted by molar-refractivity contribution is 7.80. The van der Waals surface area contributed by atoms with Crippen LogP contribution in [-0.4, -0.2) is 53.0 Å². The van der Waals surface area contributed by atoms with E-state index in [4.69, 9.17) is 12.2 Å². The number of rotatable bonds is 3. The maximum Gasteiger partial charge on any atom is 0.222 e. The first kappa shape index (κ1) is 20.7. The Balaban J connectivity index is 0.978. The Hall–Kier alpha value is -1.88. The van der Waals surface area contributed by atoms with Crippen molar-refractivity contribution in [1.82, 2.24) is 15.1 Å². The van der Waals surface area contributed by atoms with Gasteiger partial charge < -0.3 is 15.1 Å². The van der Waals surface area contributed by atoms with Crippen LogP contribution in [0.4, 0.5) is 0 Å². The third kappa shape index (κ3) is 3.87. The minimum atomic E-state index is 0.348. The molecule has 1 aromatic carbocycles. The number of hydrogen-bond acceptors (Lipinski definition) is 2. The van der Waals surface area contributed by atoms with E-state index in [-0.39, 0.29) is 0 Å². The minimum absolute atomic E-state index is 0.348. The number of amides is 1. The fraction of sp³-hybridized carbons (Fsp3) is 0.630. The summed E-state index contributed by atoms with van der Waals surface area (Å²) in [6.45, 7) is 3.97. The monoisotopic (exact) mass is 449 g/mol. The van der Waals surface area contributed by atoms with Crippen LogP contribution in [0, 0.1) is 23.2 Å². The molecule has 3 fully saturated rings. The summed E-state index contributed by atoms with van der Waals surface area (Å²) in [5.41, 5.74) is 3.24. The van der Waals surface area contributed by atoms with E-state index in [2.05, 4.69) is 51.5 Å². The molecule has 1 saturated carbocycles. The highest BCUT2D eigenvalue weighted by Crippen LogP contribution is 2.42. The first-order valence-corrected chi connectivity index (χ1v) is 13.1. The Morgan fingerprint density at radius 3 is 2.31 bits per heavy atom. The lowest BCUT2D eigenvalue weighted by Gasteiger charge is -2.40. The molecule has 0 radical (unpaired) electrons. The van der Waals surface area contributed by atoms with E-state index >= 15 is 0 Å². The summed E-state index contributed by atoms with van der Waals surface area (Å²) in [5, 5.41) is 4.66. The first-order chi connectivity index (χ1) is 15.6. The molecule has 2 bridgehead atoms. The predicted octanol–water partition coefficient (Wildman–Crippen LogP) is 3.95. The second-order valence-electron chi connectivity index (χ2n) is 11.1. The van der Waals surface area contributed by atoms with Crippen molar-refractivity contribution in [2.75, 3.05) is 26.2 Å². The molecule has 170 valence electrons. The Morgan fingerprint density at radius 1 is 1.00 bits per heavy atom. The van der Waals surface area contributed by atoms with Gasteiger partial charge in [0.1, 0.15) is 0 Å². The topological polar surface area (TPSA) is 35.6 Å². The maximum atomic E-state index is 13.0. The summed E-state index contributed by atoms with van der Waals surface area (Å²) in [6, 6.07) is 9.23. The smallest absolute Gasteiger partial charge is 0.222 e. The molecule has 32 heavy (non-hydrogen) atoms. The lowest BCUT2D eigenvalue weighted by molar-refractivity contribution is -0.134. The molecule has 3 atom stereocenters. The van der Waals surface area contributed by atoms with Gasteiger partial charge in [0.05, 0.1) is 0 Å². The summed E-state index contributed by atoms with van der Waals surface area (Å²) < 4.78 is 0. The molecule has 1 N–H and O–H groups in total. The molecule has 1 aromatic rings. The van der Waals surface area contributed by atoms with Crippen LogP contribution >= 0.6 is 12.2 Å². The number of carbonyl (C=O) groups excluding carboxylic acids is 1. The van der Waals surface area contributed by atoms with Gasteiger partial charge in [0.15, 0.2) is 5.11 Å². The molecular formula is C27H35N3OS. The summed E-state index contributed by atoms with van der Waals surface area (Å²) in [5.74, 6) is 2.30. The number of thiocarbonyl (C=S) groups is 1. The molecule has 2 saturated heterocycles. The van der Waals surface area contributed by atoms with Crippen LogP contribution in [0.25, 0.3) is 0 Å². The van der Waals surface area contributed by atoms with Crippen molar-refractivity contribution in [2.24, 2.45) is 23.2 Å². The zero-order chi connectivity index (χ0) is 21.7. The Labute approximate surface area is 197 Å². The van der Waals surface area contributed by atoms with E-state index in [0.29, 0.717) is 35.6 Å². The Kier molecular flexibility index (Phi) is 5.28. The van der Waals surface area contributed by atoms with Gasteiger partial charge in [-0.05, 0) is 91.5 Å². The summed E-state index contributed by atoms with van der Waals surface area (Å²) >= 11 is 5.82. The van der Waals surface area contributed by atoms with Crippen molar-refractivity contribution < 1.29 is 4.79 Å². The number of allylic oxidation sites excluding steroid dienone is 1. The van der Waals surface area contributed by atoms with Gasteiger partial charge in [-0.15, -0.1) is 0 Å². The van der Waals surface area contributed by atoms with Crippen molar-refractivity contribution >= 4 is 23.2 Å². The number of carbonyl (C=O) groups is 1. The molecule has 0 aromatic heterocycles. The van der Waals surface area contributed by atoms with Gasteiger partial charge in [0.25, 0.3) is 0 Å². The Bertz CT molecular complexity index is 910. The molecule has 5 aliphatic rings. The van der Waals surface area contributed by atoms with E-state index < -0.39 is 0 Å². The molecule has 3 aliphatic carbocycles. The highest BCUT2D eigenvalue weighted by atomic mass is 32.1. The third-order valence-corrected chi connectivity index (χ3v) is 9.47. The van der Waals surface area contributed by atoms with Gasteiger partial charge in [0, 0.05) is 38.6 Å². The number of benzene rings is 1. The zero-order valence-electron chi connectivity index (χ0n) is 19.0. The standard InChI is InChI=1S/C27H35N3OS/c31-25(17-20-14-21-3-1-2-4-22(21)15-20)29-10-7-27(8-11-29)9-12-30(18-27)26(32)28-24-16-19-5-6-23(24)13-19/h1-6,19-20,23-24H,7-18H2,(H,28,32). The van der Waals surface area contributed by atoms with Gasteiger partial charge in [0.2, 0.25) is 5.91 Å². The van der Waals surface area contributed by atoms with Crippen molar-refractivity contribution in [3.8, 4) is 0 Å². The fourth-order valence-corrected chi connectivity index (χ4v) is 7.42. The van der Waals surface area contributed by atoms with E-state index in [0.717, 1.165) is 62.9 Å². The normalized spacial score (nSPS) is 30.3. The second-order valence-corrected chi connectivity index (χ2v) is 11.5. The van der Waals surface area contributed by atoms with Gasteiger partial charge in [-0.1, -0.05) is 36.4 Å². The largest absolute Gasteiger partial charge is 0.359 e. The number of hydrogen-bond donors (Lipinski definition) is 1. The second kappa shape index (κ2) is 8.16. The Morgan fingerprint density at radius 2 is 1.69 bits per heavy atom. The molecule has 2 heterocycles. The molecule has 4 nitrogen and oxygen atoms in total. The fourth-order valence-electron chi connectivity index (χ4n) is 7.11. The molecule has 1 amide bonds. The molecule has 6 rings (SSSR count). The van der Waals surface area contributed by atoms with Gasteiger partial charge in [-0.2, -0.15) is 0 Å². The minimum Gasteiger partial charge on any atom is -0.359 e. The molecule has 2 aliphatic heterocycles. The van der Waals surface area contributed by atoms with Crippen LogP contribution in [0.15, 0.2) is 36.4 Å². The number of nitrogens with one attached hydrogen (secondary N) is 1. The predicted molar refractivity (Wildman–Crippen MR) is 131 cm³/mol. The van der Waals surface area contributed by atoms with Crippen LogP contribution in [0.2, 0.25) is 0 Å². The van der Waals surface area contributed by atoms with Crippen LogP contribution in [0.5, 0.6) is 0 Å². The molecular weight excluding hydrogens is 414 g/mol. The number of nitrogens with zero attached hydrogens (tertiary/aromatic N) is 2. The van der Waals surface area contributed by atoms with Crippen LogP contribution in [0.1, 0.15) is 49.7 Å². The van der Waals surface area contributed by atoms with Crippen molar-refractivity contribution in [2.45, 2.75) is 57.4 Å². The quantitative estimate of drug-likeness (QED) is 0.560. The van der Waals surface area contributed by atoms with E-state index in [1.165, 1.54) is 30.4 Å². The maximum absolute atomic E-state index is 13.0. The molecule has 1 spiro atoms. The first-order valence-electron chi connectivity index (χ1n) is 12.7. The average Bonchev–Trinajstić information content (AvgIpc) is 3.57. The zero-order valence-corrected chi connectivity index (χ0v) is 19.8. The number of piperidine rings is 1. The van der Waals surface area contributed by atoms with Gasteiger partial charge in [-0.25, -0.2) is 0 Å². The van der Waals surface area contributed by atoms with Crippen molar-refractivity contribution in [3.63, 3.8) is 0 Å². The number of fused-ring (bicyclic) bond motifs is 3. The molecule has 3 unspecified atom stereocenters. The van der Waals surface area contributed by atoms with Crippen LogP contribution in [-0.2, 0) is 17.6 Å². The molecule has 5 heteroatoms. The highest BCUT2D eigenvalue weighted by Gasteiger charge is 2.43. The lowest BCUT2D eigenvalue weighted by Crippen LogP contribution is -2.48. The number of likely N-dealkylation sites (tertiary alicyclic amines) is 2. The van der Waals surface area contributed by atoms with E-state index in [9.17, 15) is 4.79 Å². The lowest BCUT2D eigenvalue weighted by atomic mass is 9.77. The van der Waals surface area contributed by atoms with Gasteiger partial charge in [-0.3, -0.25) is 4.79 Å². The SMILES string of the molecule is O=C(CC1Cc2ccccc2C1)N1CCC2(CC1)CCN(C(=S)NC1CC3C=CC1C3)C2. The van der Waals surface area contributed by atoms with E-state index in [1.807, 2.05) is 0 Å². The van der Waals surface area contributed by atoms with Crippen LogP contribution < -0.4 is 5.32 Å².